The van der Waals surface area contributed by atoms with E-state index < -0.39 is 0 Å². The maximum absolute atomic E-state index is 2.27. The van der Waals surface area contributed by atoms with Gasteiger partial charge in [-0.05, 0) is 36.8 Å². The fourth-order valence-corrected chi connectivity index (χ4v) is 2.32. The fourth-order valence-electron chi connectivity index (χ4n) is 2.32. The third kappa shape index (κ3) is 4.37. The van der Waals surface area contributed by atoms with Gasteiger partial charge in [-0.1, -0.05) is 73.6 Å². The molecule has 0 aliphatic heterocycles. The molecule has 0 spiro atoms. The summed E-state index contributed by atoms with van der Waals surface area (Å²) < 4.78 is 0. The molecule has 0 unspecified atom stereocenters. The topological polar surface area (TPSA) is 0 Å². The number of benzene rings is 1. The van der Waals surface area contributed by atoms with Crippen LogP contribution in [0.15, 0.2) is 60.7 Å². The van der Waals surface area contributed by atoms with E-state index in [0.717, 1.165) is 0 Å². The van der Waals surface area contributed by atoms with Gasteiger partial charge in [-0.3, -0.25) is 0 Å². The zero-order chi connectivity index (χ0) is 12.5. The molecule has 2 rings (SSSR count). The SMILES string of the molecule is C1=C\C=C\CCCCCC/C(c2ccccc2)=C/1. The van der Waals surface area contributed by atoms with Gasteiger partial charge in [0.15, 0.2) is 0 Å². The van der Waals surface area contributed by atoms with E-state index in [1.807, 2.05) is 0 Å². The van der Waals surface area contributed by atoms with Crippen LogP contribution in [0.5, 0.6) is 0 Å². The van der Waals surface area contributed by atoms with E-state index in [1.165, 1.54) is 49.7 Å². The molecule has 0 nitrogen and oxygen atoms in total. The first-order valence-corrected chi connectivity index (χ1v) is 7.04. The highest BCUT2D eigenvalue weighted by molar-refractivity contribution is 5.66. The predicted octanol–water partition coefficient (Wildman–Crippen LogP) is 5.54. The van der Waals surface area contributed by atoms with Crippen molar-refractivity contribution in [3.63, 3.8) is 0 Å². The van der Waals surface area contributed by atoms with Crippen molar-refractivity contribution in [1.29, 1.82) is 0 Å². The molecule has 1 aliphatic rings. The molecular formula is C18H22. The summed E-state index contributed by atoms with van der Waals surface area (Å²) in [6, 6.07) is 10.7. The van der Waals surface area contributed by atoms with Crippen LogP contribution in [0.25, 0.3) is 5.57 Å². The summed E-state index contributed by atoms with van der Waals surface area (Å²) in [5.41, 5.74) is 2.82. The van der Waals surface area contributed by atoms with E-state index in [1.54, 1.807) is 0 Å². The molecule has 0 N–H and O–H groups in total. The molecule has 1 aliphatic carbocycles. The zero-order valence-electron chi connectivity index (χ0n) is 11.0. The first kappa shape index (κ1) is 12.9. The van der Waals surface area contributed by atoms with Crippen LogP contribution in [-0.4, -0.2) is 0 Å². The lowest BCUT2D eigenvalue weighted by molar-refractivity contribution is 0.655. The molecule has 0 saturated carbocycles. The van der Waals surface area contributed by atoms with E-state index in [4.69, 9.17) is 0 Å². The second-order valence-corrected chi connectivity index (χ2v) is 4.82. The van der Waals surface area contributed by atoms with Gasteiger partial charge in [0.1, 0.15) is 0 Å². The monoisotopic (exact) mass is 238 g/mol. The lowest BCUT2D eigenvalue weighted by atomic mass is 9.98. The molecular weight excluding hydrogens is 216 g/mol. The van der Waals surface area contributed by atoms with Gasteiger partial charge in [0.25, 0.3) is 0 Å². The second kappa shape index (κ2) is 7.71. The Bertz CT molecular complexity index is 421. The van der Waals surface area contributed by atoms with Crippen molar-refractivity contribution < 1.29 is 0 Å². The average Bonchev–Trinajstić information content (AvgIpc) is 2.40. The third-order valence-corrected chi connectivity index (χ3v) is 3.37. The highest BCUT2D eigenvalue weighted by Gasteiger charge is 2.00. The molecule has 0 atom stereocenters. The van der Waals surface area contributed by atoms with Gasteiger partial charge >= 0.3 is 0 Å². The third-order valence-electron chi connectivity index (χ3n) is 3.37. The highest BCUT2D eigenvalue weighted by Crippen LogP contribution is 2.22. The summed E-state index contributed by atoms with van der Waals surface area (Å²) in [4.78, 5) is 0. The second-order valence-electron chi connectivity index (χ2n) is 4.82. The summed E-state index contributed by atoms with van der Waals surface area (Å²) in [6.45, 7) is 0. The normalized spacial score (nSPS) is 24.1. The Hall–Kier alpha value is -1.56. The van der Waals surface area contributed by atoms with Gasteiger partial charge in [-0.15, -0.1) is 0 Å². The van der Waals surface area contributed by atoms with E-state index in [0.29, 0.717) is 0 Å². The minimum absolute atomic E-state index is 1.19. The maximum Gasteiger partial charge on any atom is -0.0225 e. The van der Waals surface area contributed by atoms with Crippen molar-refractivity contribution in [2.75, 3.05) is 0 Å². The van der Waals surface area contributed by atoms with Crippen LogP contribution in [0.4, 0.5) is 0 Å². The quantitative estimate of drug-likeness (QED) is 0.603. The zero-order valence-corrected chi connectivity index (χ0v) is 11.0. The molecule has 0 amide bonds. The number of allylic oxidation sites excluding steroid dienone is 6. The summed E-state index contributed by atoms with van der Waals surface area (Å²) in [6.07, 6.45) is 18.8. The van der Waals surface area contributed by atoms with Gasteiger partial charge in [-0.2, -0.15) is 0 Å². The highest BCUT2D eigenvalue weighted by atomic mass is 14.1. The lowest BCUT2D eigenvalue weighted by Gasteiger charge is -2.07. The Labute approximate surface area is 111 Å². The van der Waals surface area contributed by atoms with Crippen LogP contribution in [-0.2, 0) is 0 Å². The Morgan fingerprint density at radius 2 is 1.56 bits per heavy atom. The van der Waals surface area contributed by atoms with Gasteiger partial charge in [-0.25, -0.2) is 0 Å². The molecule has 0 saturated heterocycles. The van der Waals surface area contributed by atoms with Crippen molar-refractivity contribution in [3.05, 3.63) is 66.3 Å². The number of hydrogen-bond acceptors (Lipinski definition) is 0. The Kier molecular flexibility index (Phi) is 5.52. The molecule has 94 valence electrons. The molecule has 0 radical (unpaired) electrons. The molecule has 0 fully saturated rings. The van der Waals surface area contributed by atoms with Gasteiger partial charge < -0.3 is 0 Å². The minimum atomic E-state index is 1.19. The summed E-state index contributed by atoms with van der Waals surface area (Å²) in [7, 11) is 0. The average molecular weight is 238 g/mol. The first-order valence-electron chi connectivity index (χ1n) is 7.04. The Balaban J connectivity index is 2.13. The van der Waals surface area contributed by atoms with Crippen LogP contribution >= 0.6 is 0 Å². The van der Waals surface area contributed by atoms with Crippen molar-refractivity contribution in [1.82, 2.24) is 0 Å². The lowest BCUT2D eigenvalue weighted by Crippen LogP contribution is -1.86. The summed E-state index contributed by atoms with van der Waals surface area (Å²) in [5, 5.41) is 0. The van der Waals surface area contributed by atoms with Crippen LogP contribution in [0.2, 0.25) is 0 Å². The van der Waals surface area contributed by atoms with E-state index >= 15 is 0 Å². The molecule has 1 aromatic carbocycles. The van der Waals surface area contributed by atoms with E-state index in [-0.39, 0.29) is 0 Å². The maximum atomic E-state index is 2.27. The fraction of sp³-hybridized carbons (Fsp3) is 0.333. The van der Waals surface area contributed by atoms with Crippen LogP contribution < -0.4 is 0 Å². The van der Waals surface area contributed by atoms with Crippen LogP contribution in [0, 0.1) is 0 Å². The molecule has 0 heteroatoms. The van der Waals surface area contributed by atoms with Crippen molar-refractivity contribution >= 4 is 5.57 Å². The minimum Gasteiger partial charge on any atom is -0.0845 e. The molecule has 0 heterocycles. The van der Waals surface area contributed by atoms with Crippen LogP contribution in [0.3, 0.4) is 0 Å². The van der Waals surface area contributed by atoms with Gasteiger partial charge in [0, 0.05) is 0 Å². The Morgan fingerprint density at radius 3 is 2.44 bits per heavy atom. The smallest absolute Gasteiger partial charge is 0.0225 e. The van der Waals surface area contributed by atoms with Crippen molar-refractivity contribution in [3.8, 4) is 0 Å². The van der Waals surface area contributed by atoms with Gasteiger partial charge in [0.05, 0.1) is 0 Å². The van der Waals surface area contributed by atoms with E-state index in [2.05, 4.69) is 60.7 Å². The molecule has 0 bridgehead atoms. The van der Waals surface area contributed by atoms with E-state index in [9.17, 15) is 0 Å². The molecule has 1 aromatic rings. The predicted molar refractivity (Wildman–Crippen MR) is 80.4 cm³/mol. The number of rotatable bonds is 1. The molecule has 0 aromatic heterocycles. The van der Waals surface area contributed by atoms with Crippen molar-refractivity contribution in [2.24, 2.45) is 0 Å². The standard InChI is InChI=1S/C18H22/c1-2-4-6-9-13-17(14-10-7-5-3-1)18-15-11-8-12-16-18/h2,4,6,8-9,11-13,15-16H,1,3,5,7,10,14H2/b4-2+,9-6-,17-13-. The largest absolute Gasteiger partial charge is 0.0845 e. The van der Waals surface area contributed by atoms with Gasteiger partial charge in [0.2, 0.25) is 0 Å². The summed E-state index contributed by atoms with van der Waals surface area (Å²) >= 11 is 0. The summed E-state index contributed by atoms with van der Waals surface area (Å²) in [5.74, 6) is 0. The molecule has 18 heavy (non-hydrogen) atoms. The Morgan fingerprint density at radius 1 is 0.722 bits per heavy atom. The number of hydrogen-bond donors (Lipinski definition) is 0. The first-order chi connectivity index (χ1) is 8.97. The van der Waals surface area contributed by atoms with Crippen LogP contribution in [0.1, 0.15) is 44.1 Å². The van der Waals surface area contributed by atoms with Crippen molar-refractivity contribution in [2.45, 2.75) is 38.5 Å².